The highest BCUT2D eigenvalue weighted by Gasteiger charge is 2.37. The first-order valence-corrected chi connectivity index (χ1v) is 14.1. The molecule has 37 heavy (non-hydrogen) atoms. The van der Waals surface area contributed by atoms with Crippen molar-refractivity contribution in [3.05, 3.63) is 88.6 Å². The van der Waals surface area contributed by atoms with E-state index in [2.05, 4.69) is 15.8 Å². The number of carbonyl (C=O) groups excluding carboxylic acids is 1. The average molecular weight is 522 g/mol. The number of amides is 1. The number of rotatable bonds is 8. The molecule has 2 heterocycles. The first-order chi connectivity index (χ1) is 17.5. The molecular weight excluding hydrogens is 486 g/mol. The van der Waals surface area contributed by atoms with Gasteiger partial charge >= 0.3 is 0 Å². The summed E-state index contributed by atoms with van der Waals surface area (Å²) in [5.74, 6) is 0.171. The molecule has 4 rings (SSSR count). The Labute approximate surface area is 219 Å². The minimum atomic E-state index is -3.81. The summed E-state index contributed by atoms with van der Waals surface area (Å²) < 4.78 is 35.5. The van der Waals surface area contributed by atoms with E-state index in [0.717, 1.165) is 23.1 Å². The Morgan fingerprint density at radius 3 is 2.49 bits per heavy atom. The van der Waals surface area contributed by atoms with Crippen LogP contribution < -0.4 is 9.46 Å². The maximum atomic E-state index is 13.5. The van der Waals surface area contributed by atoms with Crippen molar-refractivity contribution in [1.82, 2.24) is 14.6 Å². The number of carbonyl (C=O) groups is 1. The Morgan fingerprint density at radius 2 is 1.84 bits per heavy atom. The molecule has 3 aromatic rings. The summed E-state index contributed by atoms with van der Waals surface area (Å²) in [6, 6.07) is 16.1. The van der Waals surface area contributed by atoms with Crippen molar-refractivity contribution in [3.63, 3.8) is 0 Å². The number of aryl methyl sites for hydroxylation is 2. The van der Waals surface area contributed by atoms with Crippen molar-refractivity contribution in [1.29, 1.82) is 0 Å². The van der Waals surface area contributed by atoms with Crippen LogP contribution in [0.25, 0.3) is 0 Å². The van der Waals surface area contributed by atoms with Crippen LogP contribution in [-0.4, -0.2) is 36.4 Å². The van der Waals surface area contributed by atoms with Gasteiger partial charge in [0.1, 0.15) is 5.60 Å². The normalized spacial score (nSPS) is 16.5. The van der Waals surface area contributed by atoms with Crippen molar-refractivity contribution in [2.45, 2.75) is 70.5 Å². The number of nitrogens with one attached hydrogen (secondary N) is 1. The third-order valence-electron chi connectivity index (χ3n) is 6.63. The molecule has 8 heteroatoms. The fourth-order valence-corrected chi connectivity index (χ4v) is 5.85. The number of hydrogen-bond donors (Lipinski definition) is 1. The Balaban J connectivity index is 1.63. The molecule has 0 fully saturated rings. The second-order valence-electron chi connectivity index (χ2n) is 10.2. The van der Waals surface area contributed by atoms with Crippen molar-refractivity contribution in [3.8, 4) is 5.88 Å². The van der Waals surface area contributed by atoms with Crippen molar-refractivity contribution < 1.29 is 17.9 Å². The Bertz CT molecular complexity index is 1380. The van der Waals surface area contributed by atoms with Gasteiger partial charge in [0.15, 0.2) is 0 Å². The third kappa shape index (κ3) is 6.19. The highest BCUT2D eigenvalue weighted by molar-refractivity contribution is 7.89. The molecule has 1 atom stereocenters. The van der Waals surface area contributed by atoms with E-state index in [1.807, 2.05) is 65.0 Å². The van der Waals surface area contributed by atoms with Crippen LogP contribution >= 0.6 is 0 Å². The lowest BCUT2D eigenvalue weighted by atomic mass is 9.91. The van der Waals surface area contributed by atoms with E-state index in [1.54, 1.807) is 23.1 Å². The molecule has 1 aromatic heterocycles. The SMILES string of the molecule is CCc1ccc(S(=O)(=O)N[C@H]2CC(C)(C)Oc3ncc(C(=O)N(CC)Cc4cccc(C)c4)cc32)cc1. The van der Waals surface area contributed by atoms with Gasteiger partial charge in [-0.2, -0.15) is 0 Å². The van der Waals surface area contributed by atoms with E-state index in [9.17, 15) is 13.2 Å². The topological polar surface area (TPSA) is 88.6 Å². The minimum absolute atomic E-state index is 0.166. The van der Waals surface area contributed by atoms with Crippen LogP contribution in [-0.2, 0) is 23.0 Å². The van der Waals surface area contributed by atoms with Gasteiger partial charge in [-0.15, -0.1) is 0 Å². The number of aromatic nitrogens is 1. The molecule has 1 aliphatic rings. The molecule has 7 nitrogen and oxygen atoms in total. The van der Waals surface area contributed by atoms with Gasteiger partial charge in [0.25, 0.3) is 5.91 Å². The van der Waals surface area contributed by atoms with Crippen molar-refractivity contribution in [2.24, 2.45) is 0 Å². The number of ether oxygens (including phenoxy) is 1. The van der Waals surface area contributed by atoms with Crippen LogP contribution in [0, 0.1) is 6.92 Å². The van der Waals surface area contributed by atoms with E-state index < -0.39 is 21.7 Å². The van der Waals surface area contributed by atoms with Crippen molar-refractivity contribution in [2.75, 3.05) is 6.54 Å². The summed E-state index contributed by atoms with van der Waals surface area (Å²) in [7, 11) is -3.81. The summed E-state index contributed by atoms with van der Waals surface area (Å²) in [6.45, 7) is 10.8. The van der Waals surface area contributed by atoms with Gasteiger partial charge in [0.05, 0.1) is 16.5 Å². The molecule has 1 aliphatic heterocycles. The van der Waals surface area contributed by atoms with Gasteiger partial charge in [-0.1, -0.05) is 48.9 Å². The predicted molar refractivity (Wildman–Crippen MR) is 144 cm³/mol. The largest absolute Gasteiger partial charge is 0.471 e. The average Bonchev–Trinajstić information content (AvgIpc) is 2.86. The van der Waals surface area contributed by atoms with Crippen LogP contribution in [0.4, 0.5) is 0 Å². The van der Waals surface area contributed by atoms with E-state index in [1.165, 1.54) is 6.20 Å². The minimum Gasteiger partial charge on any atom is -0.471 e. The maximum absolute atomic E-state index is 13.5. The first kappa shape index (κ1) is 26.8. The number of pyridine rings is 1. The Morgan fingerprint density at radius 1 is 1.11 bits per heavy atom. The molecule has 1 amide bonds. The zero-order valence-corrected chi connectivity index (χ0v) is 22.9. The second-order valence-corrected chi connectivity index (χ2v) is 11.9. The van der Waals surface area contributed by atoms with Crippen LogP contribution in [0.3, 0.4) is 0 Å². The van der Waals surface area contributed by atoms with Crippen LogP contribution in [0.15, 0.2) is 65.7 Å². The predicted octanol–water partition coefficient (Wildman–Crippen LogP) is 5.20. The summed E-state index contributed by atoms with van der Waals surface area (Å²) in [5.41, 5.74) is 3.57. The number of fused-ring (bicyclic) bond motifs is 1. The van der Waals surface area contributed by atoms with Crippen LogP contribution in [0.2, 0.25) is 0 Å². The first-order valence-electron chi connectivity index (χ1n) is 12.7. The maximum Gasteiger partial charge on any atom is 0.255 e. The fraction of sp³-hybridized carbons (Fsp3) is 0.379. The quantitative estimate of drug-likeness (QED) is 0.440. The molecule has 0 bridgehead atoms. The van der Waals surface area contributed by atoms with E-state index in [4.69, 9.17) is 4.74 Å². The standard InChI is InChI=1S/C29H35N3O4S/c1-6-21-11-13-24(14-12-21)37(34,35)31-26-17-29(4,5)36-27-25(26)16-23(18-30-27)28(33)32(7-2)19-22-10-8-9-20(3)15-22/h8-16,18,26,31H,6-7,17,19H2,1-5H3/t26-/m0/s1. The Kier molecular flexibility index (Phi) is 7.71. The number of benzene rings is 2. The van der Waals surface area contributed by atoms with Gasteiger partial charge in [0, 0.05) is 31.3 Å². The van der Waals surface area contributed by atoms with Crippen LogP contribution in [0.1, 0.15) is 72.8 Å². The number of nitrogens with zero attached hydrogens (tertiary/aromatic N) is 2. The van der Waals surface area contributed by atoms with Crippen LogP contribution in [0.5, 0.6) is 5.88 Å². The van der Waals surface area contributed by atoms with Gasteiger partial charge in [-0.05, 0) is 63.4 Å². The Hall–Kier alpha value is -3.23. The zero-order valence-electron chi connectivity index (χ0n) is 22.1. The molecule has 0 spiro atoms. The van der Waals surface area contributed by atoms with E-state index >= 15 is 0 Å². The molecule has 0 unspecified atom stereocenters. The van der Waals surface area contributed by atoms with Gasteiger partial charge in [-0.3, -0.25) is 4.79 Å². The van der Waals surface area contributed by atoms with Crippen molar-refractivity contribution >= 4 is 15.9 Å². The molecule has 0 saturated heterocycles. The molecule has 1 N–H and O–H groups in total. The van der Waals surface area contributed by atoms with Gasteiger partial charge in [0.2, 0.25) is 15.9 Å². The highest BCUT2D eigenvalue weighted by Crippen LogP contribution is 2.39. The highest BCUT2D eigenvalue weighted by atomic mass is 32.2. The van der Waals surface area contributed by atoms with E-state index in [0.29, 0.717) is 36.5 Å². The lowest BCUT2D eigenvalue weighted by Gasteiger charge is -2.37. The third-order valence-corrected chi connectivity index (χ3v) is 8.12. The van der Waals surface area contributed by atoms with E-state index in [-0.39, 0.29) is 10.8 Å². The number of sulfonamides is 1. The summed E-state index contributed by atoms with van der Waals surface area (Å²) >= 11 is 0. The zero-order chi connectivity index (χ0) is 26.8. The summed E-state index contributed by atoms with van der Waals surface area (Å²) in [4.78, 5) is 19.9. The smallest absolute Gasteiger partial charge is 0.255 e. The lowest BCUT2D eigenvalue weighted by molar-refractivity contribution is 0.0637. The molecule has 0 aliphatic carbocycles. The molecule has 0 saturated carbocycles. The lowest BCUT2D eigenvalue weighted by Crippen LogP contribution is -2.42. The molecular formula is C29H35N3O4S. The second kappa shape index (κ2) is 10.6. The molecule has 2 aromatic carbocycles. The summed E-state index contributed by atoms with van der Waals surface area (Å²) in [6.07, 6.45) is 2.74. The fourth-order valence-electron chi connectivity index (χ4n) is 4.63. The number of hydrogen-bond acceptors (Lipinski definition) is 5. The molecule has 196 valence electrons. The van der Waals surface area contributed by atoms with Gasteiger partial charge in [-0.25, -0.2) is 18.1 Å². The summed E-state index contributed by atoms with van der Waals surface area (Å²) in [5, 5.41) is 0. The van der Waals surface area contributed by atoms with Gasteiger partial charge < -0.3 is 9.64 Å². The monoisotopic (exact) mass is 521 g/mol. The molecule has 0 radical (unpaired) electrons.